The van der Waals surface area contributed by atoms with Gasteiger partial charge in [-0.25, -0.2) is 4.98 Å². The Balaban J connectivity index is 1.87. The van der Waals surface area contributed by atoms with E-state index in [1.165, 1.54) is 4.90 Å². The van der Waals surface area contributed by atoms with Gasteiger partial charge in [0.05, 0.1) is 45.1 Å². The van der Waals surface area contributed by atoms with Gasteiger partial charge in [0, 0.05) is 12.4 Å². The van der Waals surface area contributed by atoms with Gasteiger partial charge < -0.3 is 25.0 Å². The van der Waals surface area contributed by atoms with E-state index >= 15 is 0 Å². The van der Waals surface area contributed by atoms with Crippen LogP contribution >= 0.6 is 0 Å². The number of hydrogen-bond acceptors (Lipinski definition) is 5. The molecule has 1 aliphatic rings. The van der Waals surface area contributed by atoms with E-state index in [9.17, 15) is 14.7 Å². The van der Waals surface area contributed by atoms with Crippen molar-refractivity contribution < 1.29 is 19.6 Å². The minimum Gasteiger partial charge on any atom is -0.550 e. The fourth-order valence-electron chi connectivity index (χ4n) is 2.21. The number of rotatable bonds is 5. The van der Waals surface area contributed by atoms with E-state index in [0.717, 1.165) is 31.9 Å². The number of piperazine rings is 1. The van der Waals surface area contributed by atoms with Crippen LogP contribution in [0.2, 0.25) is 0 Å². The van der Waals surface area contributed by atoms with Crippen molar-refractivity contribution in [1.82, 2.24) is 4.98 Å². The van der Waals surface area contributed by atoms with Crippen molar-refractivity contribution in [2.24, 2.45) is 0 Å². The minimum atomic E-state index is -1.23. The summed E-state index contributed by atoms with van der Waals surface area (Å²) in [5.74, 6) is -1.17. The van der Waals surface area contributed by atoms with Crippen molar-refractivity contribution in [3.8, 4) is 0 Å². The molecule has 0 atom stereocenters. The summed E-state index contributed by atoms with van der Waals surface area (Å²) in [4.78, 5) is 29.8. The van der Waals surface area contributed by atoms with Crippen LogP contribution in [0.3, 0.4) is 0 Å². The third-order valence-corrected chi connectivity index (χ3v) is 3.55. The Kier molecular flexibility index (Phi) is 5.10. The zero-order valence-corrected chi connectivity index (χ0v) is 12.1. The summed E-state index contributed by atoms with van der Waals surface area (Å²) in [5.41, 5.74) is 1.04. The van der Waals surface area contributed by atoms with Crippen molar-refractivity contribution in [2.75, 3.05) is 43.4 Å². The van der Waals surface area contributed by atoms with E-state index in [1.807, 2.05) is 6.07 Å². The van der Waals surface area contributed by atoms with Crippen LogP contribution in [0.5, 0.6) is 0 Å². The Morgan fingerprint density at radius 1 is 1.33 bits per heavy atom. The fourth-order valence-corrected chi connectivity index (χ4v) is 2.21. The molecule has 1 aromatic heterocycles. The molecule has 2 N–H and O–H groups in total. The van der Waals surface area contributed by atoms with E-state index in [1.54, 1.807) is 12.3 Å². The van der Waals surface area contributed by atoms with Crippen molar-refractivity contribution in [2.45, 2.75) is 12.8 Å². The van der Waals surface area contributed by atoms with Gasteiger partial charge in [-0.05, 0) is 18.6 Å². The molecule has 0 aromatic carbocycles. The van der Waals surface area contributed by atoms with Gasteiger partial charge in [-0.1, -0.05) is 0 Å². The molecule has 114 valence electrons. The molecule has 2 heterocycles. The van der Waals surface area contributed by atoms with Crippen LogP contribution in [0, 0.1) is 0 Å². The monoisotopic (exact) mass is 292 g/mol. The van der Waals surface area contributed by atoms with Crippen molar-refractivity contribution >= 4 is 23.4 Å². The highest BCUT2D eigenvalue weighted by atomic mass is 16.4. The Labute approximate surface area is 123 Å². The fraction of sp³-hybridized carbons (Fsp3) is 0.500. The minimum absolute atomic E-state index is 0.104. The third-order valence-electron chi connectivity index (χ3n) is 3.55. The van der Waals surface area contributed by atoms with Gasteiger partial charge in [-0.15, -0.1) is 0 Å². The topological polar surface area (TPSA) is 89.8 Å². The van der Waals surface area contributed by atoms with Crippen molar-refractivity contribution in [1.29, 1.82) is 0 Å². The average Bonchev–Trinajstić information content (AvgIpc) is 2.47. The average molecular weight is 292 g/mol. The van der Waals surface area contributed by atoms with Crippen LogP contribution in [0.1, 0.15) is 12.8 Å². The summed E-state index contributed by atoms with van der Waals surface area (Å²) < 4.78 is 0. The summed E-state index contributed by atoms with van der Waals surface area (Å²) in [6, 6.07) is 3.65. The van der Waals surface area contributed by atoms with Crippen LogP contribution in [0.25, 0.3) is 0 Å². The third kappa shape index (κ3) is 4.71. The number of carboxylic acid groups (broad SMARTS) is 1. The first kappa shape index (κ1) is 15.2. The maximum atomic E-state index is 11.5. The molecule has 0 saturated carbocycles. The lowest BCUT2D eigenvalue weighted by atomic mass is 10.2. The van der Waals surface area contributed by atoms with E-state index in [4.69, 9.17) is 0 Å². The normalized spacial score (nSPS) is 15.8. The number of pyridine rings is 1. The summed E-state index contributed by atoms with van der Waals surface area (Å²) in [6.07, 6.45) is 1.34. The summed E-state index contributed by atoms with van der Waals surface area (Å²) in [7, 11) is 2.18. The van der Waals surface area contributed by atoms with E-state index < -0.39 is 5.97 Å². The second-order valence-electron chi connectivity index (χ2n) is 5.27. The van der Waals surface area contributed by atoms with Gasteiger partial charge in [0.15, 0.2) is 0 Å². The molecule has 1 aliphatic heterocycles. The number of carbonyl (C=O) groups is 2. The number of carbonyl (C=O) groups excluding carboxylic acids is 2. The largest absolute Gasteiger partial charge is 0.550 e. The number of quaternary nitrogens is 1. The van der Waals surface area contributed by atoms with Crippen LogP contribution in [-0.4, -0.2) is 50.1 Å². The number of likely N-dealkylation sites (N-methyl/N-ethyl adjacent to an activating group) is 1. The molecule has 1 fully saturated rings. The molecule has 0 unspecified atom stereocenters. The number of nitrogens with zero attached hydrogens (tertiary/aromatic N) is 2. The van der Waals surface area contributed by atoms with Crippen LogP contribution in [-0.2, 0) is 9.59 Å². The van der Waals surface area contributed by atoms with Crippen LogP contribution < -0.4 is 20.2 Å². The zero-order valence-electron chi connectivity index (χ0n) is 12.1. The standard InChI is InChI=1S/C14H20N4O3/c1-17-6-8-18(9-7-17)11-2-3-12(15-10-11)16-13(19)4-5-14(20)21/h2-3,10H,4-9H2,1H3,(H,20,21)(H,15,16,19). The van der Waals surface area contributed by atoms with E-state index in [-0.39, 0.29) is 18.7 Å². The highest BCUT2D eigenvalue weighted by Crippen LogP contribution is 2.15. The number of aliphatic carboxylic acids is 1. The highest BCUT2D eigenvalue weighted by molar-refractivity contribution is 5.91. The Morgan fingerprint density at radius 2 is 2.05 bits per heavy atom. The SMILES string of the molecule is C[NH+]1CCN(c2ccc(NC(=O)CCC(=O)[O-])nc2)CC1. The lowest BCUT2D eigenvalue weighted by molar-refractivity contribution is -0.880. The Morgan fingerprint density at radius 3 is 2.62 bits per heavy atom. The second kappa shape index (κ2) is 7.03. The molecule has 7 nitrogen and oxygen atoms in total. The van der Waals surface area contributed by atoms with E-state index in [0.29, 0.717) is 5.82 Å². The second-order valence-corrected chi connectivity index (χ2v) is 5.27. The lowest BCUT2D eigenvalue weighted by Gasteiger charge is -2.31. The molecule has 0 aliphatic carbocycles. The van der Waals surface area contributed by atoms with Gasteiger partial charge in [-0.2, -0.15) is 0 Å². The molecule has 1 aromatic rings. The molecule has 2 rings (SSSR count). The number of anilines is 2. The number of carboxylic acids is 1. The van der Waals surface area contributed by atoms with Crippen LogP contribution in [0.15, 0.2) is 18.3 Å². The van der Waals surface area contributed by atoms with E-state index in [2.05, 4.69) is 22.2 Å². The molecule has 1 saturated heterocycles. The Hall–Kier alpha value is -2.15. The first-order valence-corrected chi connectivity index (χ1v) is 7.06. The van der Waals surface area contributed by atoms with Gasteiger partial charge >= 0.3 is 0 Å². The van der Waals surface area contributed by atoms with Crippen LogP contribution in [0.4, 0.5) is 11.5 Å². The predicted molar refractivity (Wildman–Crippen MR) is 75.9 cm³/mol. The molecule has 0 bridgehead atoms. The smallest absolute Gasteiger partial charge is 0.225 e. The maximum absolute atomic E-state index is 11.5. The van der Waals surface area contributed by atoms with Gasteiger partial charge in [0.1, 0.15) is 5.82 Å². The maximum Gasteiger partial charge on any atom is 0.225 e. The number of nitrogens with one attached hydrogen (secondary N) is 2. The summed E-state index contributed by atoms with van der Waals surface area (Å²) in [6.45, 7) is 4.18. The summed E-state index contributed by atoms with van der Waals surface area (Å²) >= 11 is 0. The molecular formula is C14H20N4O3. The quantitative estimate of drug-likeness (QED) is 0.648. The van der Waals surface area contributed by atoms with Gasteiger partial charge in [0.2, 0.25) is 5.91 Å². The molecule has 0 radical (unpaired) electrons. The lowest BCUT2D eigenvalue weighted by Crippen LogP contribution is -3.12. The summed E-state index contributed by atoms with van der Waals surface area (Å²) in [5, 5.41) is 12.9. The van der Waals surface area contributed by atoms with Gasteiger partial charge in [-0.3, -0.25) is 4.79 Å². The first-order chi connectivity index (χ1) is 10.0. The number of amides is 1. The number of hydrogen-bond donors (Lipinski definition) is 2. The van der Waals surface area contributed by atoms with Crippen molar-refractivity contribution in [3.05, 3.63) is 18.3 Å². The molecule has 1 amide bonds. The predicted octanol–water partition coefficient (Wildman–Crippen LogP) is -2.12. The molecule has 7 heteroatoms. The molecular weight excluding hydrogens is 272 g/mol. The molecule has 0 spiro atoms. The van der Waals surface area contributed by atoms with Gasteiger partial charge in [0.25, 0.3) is 0 Å². The zero-order chi connectivity index (χ0) is 15.2. The Bertz CT molecular complexity index is 495. The van der Waals surface area contributed by atoms with Crippen molar-refractivity contribution in [3.63, 3.8) is 0 Å². The first-order valence-electron chi connectivity index (χ1n) is 7.06. The highest BCUT2D eigenvalue weighted by Gasteiger charge is 2.17. The molecule has 21 heavy (non-hydrogen) atoms. The number of aromatic nitrogens is 1.